The van der Waals surface area contributed by atoms with Gasteiger partial charge in [-0.15, -0.1) is 0 Å². The molecule has 1 heterocycles. The standard InChI is InChI=1S/C13H14F3N3O/c1-9-6-18-12(19-9)7-17-10-4-2-3-5-11(10)20-8-13(14,15)16/h2-6,17H,7-8H2,1H3,(H,18,19). The Morgan fingerprint density at radius 1 is 1.30 bits per heavy atom. The molecule has 0 amide bonds. The lowest BCUT2D eigenvalue weighted by atomic mass is 10.3. The number of alkyl halides is 3. The van der Waals surface area contributed by atoms with Crippen LogP contribution in [0.5, 0.6) is 5.75 Å². The second-order valence-corrected chi connectivity index (χ2v) is 4.27. The number of hydrogen-bond acceptors (Lipinski definition) is 3. The fourth-order valence-corrected chi connectivity index (χ4v) is 1.63. The third-order valence-corrected chi connectivity index (χ3v) is 2.48. The van der Waals surface area contributed by atoms with E-state index in [9.17, 15) is 13.2 Å². The Bertz CT molecular complexity index is 566. The zero-order valence-corrected chi connectivity index (χ0v) is 10.8. The highest BCUT2D eigenvalue weighted by atomic mass is 19.4. The number of imidazole rings is 1. The van der Waals surface area contributed by atoms with Gasteiger partial charge in [0.2, 0.25) is 0 Å². The van der Waals surface area contributed by atoms with E-state index in [1.165, 1.54) is 6.07 Å². The summed E-state index contributed by atoms with van der Waals surface area (Å²) < 4.78 is 41.3. The van der Waals surface area contributed by atoms with Crippen LogP contribution in [-0.2, 0) is 6.54 Å². The minimum absolute atomic E-state index is 0.160. The molecule has 0 aliphatic rings. The molecular weight excluding hydrogens is 271 g/mol. The fourth-order valence-electron chi connectivity index (χ4n) is 1.63. The van der Waals surface area contributed by atoms with Crippen molar-refractivity contribution >= 4 is 5.69 Å². The minimum Gasteiger partial charge on any atom is -0.482 e. The molecule has 0 bridgehead atoms. The highest BCUT2D eigenvalue weighted by Crippen LogP contribution is 2.26. The largest absolute Gasteiger partial charge is 0.482 e. The monoisotopic (exact) mass is 285 g/mol. The van der Waals surface area contributed by atoms with Gasteiger partial charge >= 0.3 is 6.18 Å². The molecule has 0 atom stereocenters. The number of H-pyrrole nitrogens is 1. The second-order valence-electron chi connectivity index (χ2n) is 4.27. The Balaban J connectivity index is 2.00. The smallest absolute Gasteiger partial charge is 0.422 e. The van der Waals surface area contributed by atoms with E-state index in [0.29, 0.717) is 18.1 Å². The molecular formula is C13H14F3N3O. The maximum Gasteiger partial charge on any atom is 0.422 e. The van der Waals surface area contributed by atoms with Crippen molar-refractivity contribution < 1.29 is 17.9 Å². The van der Waals surface area contributed by atoms with Crippen LogP contribution in [0.4, 0.5) is 18.9 Å². The fraction of sp³-hybridized carbons (Fsp3) is 0.308. The first kappa shape index (κ1) is 14.2. The van der Waals surface area contributed by atoms with Crippen LogP contribution in [0, 0.1) is 6.92 Å². The van der Waals surface area contributed by atoms with Crippen LogP contribution in [0.1, 0.15) is 11.5 Å². The van der Waals surface area contributed by atoms with Crippen molar-refractivity contribution in [1.29, 1.82) is 0 Å². The highest BCUT2D eigenvalue weighted by molar-refractivity contribution is 5.56. The first-order valence-corrected chi connectivity index (χ1v) is 5.97. The van der Waals surface area contributed by atoms with Gasteiger partial charge in [0.05, 0.1) is 12.2 Å². The molecule has 108 valence electrons. The van der Waals surface area contributed by atoms with Crippen LogP contribution in [0.25, 0.3) is 0 Å². The van der Waals surface area contributed by atoms with Gasteiger partial charge in [-0.05, 0) is 19.1 Å². The molecule has 4 nitrogen and oxygen atoms in total. The molecule has 7 heteroatoms. The average Bonchev–Trinajstić information content (AvgIpc) is 2.80. The summed E-state index contributed by atoms with van der Waals surface area (Å²) in [5.41, 5.74) is 1.41. The average molecular weight is 285 g/mol. The van der Waals surface area contributed by atoms with Crippen molar-refractivity contribution in [3.05, 3.63) is 42.0 Å². The third kappa shape index (κ3) is 4.18. The third-order valence-electron chi connectivity index (χ3n) is 2.48. The van der Waals surface area contributed by atoms with E-state index in [0.717, 1.165) is 5.69 Å². The lowest BCUT2D eigenvalue weighted by molar-refractivity contribution is -0.153. The molecule has 2 N–H and O–H groups in total. The Kier molecular flexibility index (Phi) is 4.16. The van der Waals surface area contributed by atoms with Crippen LogP contribution >= 0.6 is 0 Å². The van der Waals surface area contributed by atoms with Crippen molar-refractivity contribution in [3.8, 4) is 5.75 Å². The molecule has 0 radical (unpaired) electrons. The van der Waals surface area contributed by atoms with E-state index in [2.05, 4.69) is 15.3 Å². The summed E-state index contributed by atoms with van der Waals surface area (Å²) in [4.78, 5) is 7.13. The molecule has 2 aromatic rings. The Hall–Kier alpha value is -2.18. The van der Waals surface area contributed by atoms with E-state index in [4.69, 9.17) is 4.74 Å². The van der Waals surface area contributed by atoms with Crippen molar-refractivity contribution in [2.75, 3.05) is 11.9 Å². The van der Waals surface area contributed by atoms with Crippen molar-refractivity contribution in [2.45, 2.75) is 19.6 Å². The summed E-state index contributed by atoms with van der Waals surface area (Å²) >= 11 is 0. The SMILES string of the molecule is Cc1cnc(CNc2ccccc2OCC(F)(F)F)[nH]1. The van der Waals surface area contributed by atoms with Crippen molar-refractivity contribution in [1.82, 2.24) is 9.97 Å². The lowest BCUT2D eigenvalue weighted by Crippen LogP contribution is -2.19. The highest BCUT2D eigenvalue weighted by Gasteiger charge is 2.28. The Labute approximate surface area is 114 Å². The molecule has 0 fully saturated rings. The topological polar surface area (TPSA) is 49.9 Å². The zero-order valence-electron chi connectivity index (χ0n) is 10.8. The van der Waals surface area contributed by atoms with Crippen LogP contribution in [0.15, 0.2) is 30.5 Å². The summed E-state index contributed by atoms with van der Waals surface area (Å²) in [5.74, 6) is 0.862. The Morgan fingerprint density at radius 3 is 2.70 bits per heavy atom. The molecule has 2 rings (SSSR count). The lowest BCUT2D eigenvalue weighted by Gasteiger charge is -2.13. The summed E-state index contributed by atoms with van der Waals surface area (Å²) in [6, 6.07) is 6.48. The molecule has 0 aliphatic heterocycles. The predicted molar refractivity (Wildman–Crippen MR) is 68.6 cm³/mol. The molecule has 1 aromatic carbocycles. The Morgan fingerprint density at radius 2 is 2.05 bits per heavy atom. The number of para-hydroxylation sites is 2. The number of anilines is 1. The molecule has 0 saturated carbocycles. The van der Waals surface area contributed by atoms with Crippen LogP contribution in [0.2, 0.25) is 0 Å². The molecule has 1 aromatic heterocycles. The van der Waals surface area contributed by atoms with Gasteiger partial charge in [0, 0.05) is 11.9 Å². The van der Waals surface area contributed by atoms with Crippen LogP contribution < -0.4 is 10.1 Å². The van der Waals surface area contributed by atoms with Gasteiger partial charge in [-0.2, -0.15) is 13.2 Å². The van der Waals surface area contributed by atoms with Crippen LogP contribution in [-0.4, -0.2) is 22.8 Å². The minimum atomic E-state index is -4.36. The summed E-state index contributed by atoms with van der Waals surface area (Å²) in [7, 11) is 0. The van der Waals surface area contributed by atoms with Gasteiger partial charge < -0.3 is 15.0 Å². The van der Waals surface area contributed by atoms with Gasteiger partial charge in [0.1, 0.15) is 11.6 Å². The van der Waals surface area contributed by atoms with E-state index in [1.54, 1.807) is 24.4 Å². The zero-order chi connectivity index (χ0) is 14.6. The van der Waals surface area contributed by atoms with Crippen molar-refractivity contribution in [3.63, 3.8) is 0 Å². The number of aromatic nitrogens is 2. The molecule has 0 unspecified atom stereocenters. The van der Waals surface area contributed by atoms with Gasteiger partial charge in [-0.1, -0.05) is 12.1 Å². The van der Waals surface area contributed by atoms with E-state index >= 15 is 0 Å². The summed E-state index contributed by atoms with van der Waals surface area (Å²) in [6.07, 6.45) is -2.67. The normalized spacial score (nSPS) is 11.4. The van der Waals surface area contributed by atoms with E-state index in [1.807, 2.05) is 6.92 Å². The van der Waals surface area contributed by atoms with Gasteiger partial charge in [-0.25, -0.2) is 4.98 Å². The molecule has 0 spiro atoms. The predicted octanol–water partition coefficient (Wildman–Crippen LogP) is 3.27. The first-order valence-electron chi connectivity index (χ1n) is 5.97. The number of ether oxygens (including phenoxy) is 1. The number of rotatable bonds is 5. The number of aryl methyl sites for hydroxylation is 1. The number of nitrogens with zero attached hydrogens (tertiary/aromatic N) is 1. The number of benzene rings is 1. The van der Waals surface area contributed by atoms with Gasteiger partial charge in [0.25, 0.3) is 0 Å². The maximum absolute atomic E-state index is 12.2. The summed E-state index contributed by atoms with van der Waals surface area (Å²) in [6.45, 7) is 0.933. The van der Waals surface area contributed by atoms with E-state index in [-0.39, 0.29) is 5.75 Å². The quantitative estimate of drug-likeness (QED) is 0.886. The van der Waals surface area contributed by atoms with Gasteiger partial charge in [0.15, 0.2) is 6.61 Å². The number of hydrogen-bond donors (Lipinski definition) is 2. The number of nitrogens with one attached hydrogen (secondary N) is 2. The second kappa shape index (κ2) is 5.85. The molecule has 20 heavy (non-hydrogen) atoms. The van der Waals surface area contributed by atoms with Crippen molar-refractivity contribution in [2.24, 2.45) is 0 Å². The van der Waals surface area contributed by atoms with Crippen LogP contribution in [0.3, 0.4) is 0 Å². The summed E-state index contributed by atoms with van der Waals surface area (Å²) in [5, 5.41) is 2.99. The first-order chi connectivity index (χ1) is 9.44. The van der Waals surface area contributed by atoms with E-state index < -0.39 is 12.8 Å². The van der Waals surface area contributed by atoms with Gasteiger partial charge in [-0.3, -0.25) is 0 Å². The maximum atomic E-state index is 12.2. The molecule has 0 saturated heterocycles. The number of halogens is 3. The number of aromatic amines is 1. The molecule has 0 aliphatic carbocycles.